The van der Waals surface area contributed by atoms with E-state index in [2.05, 4.69) is 5.16 Å². The van der Waals surface area contributed by atoms with Crippen molar-refractivity contribution in [2.24, 2.45) is 16.8 Å². The molecule has 2 rings (SSSR count). The van der Waals surface area contributed by atoms with Gasteiger partial charge in [-0.25, -0.2) is 0 Å². The Labute approximate surface area is 99.7 Å². The summed E-state index contributed by atoms with van der Waals surface area (Å²) in [5.74, 6) is -0.361. The van der Waals surface area contributed by atoms with Crippen molar-refractivity contribution in [3.63, 3.8) is 0 Å². The van der Waals surface area contributed by atoms with Gasteiger partial charge in [-0.2, -0.15) is 0 Å². The molecule has 0 spiro atoms. The molecular weight excluding hydrogens is 220 g/mol. The maximum atomic E-state index is 11.7. The quantitative estimate of drug-likeness (QED) is 0.774. The van der Waals surface area contributed by atoms with E-state index in [1.54, 1.807) is 0 Å². The Morgan fingerprint density at radius 2 is 2.35 bits per heavy atom. The minimum Gasteiger partial charge on any atom is -0.388 e. The Hall–Kier alpha value is -1.65. The molecule has 0 aromatic rings. The fraction of sp³-hybridized carbons (Fsp3) is 0.583. The van der Waals surface area contributed by atoms with Gasteiger partial charge >= 0.3 is 0 Å². The van der Waals surface area contributed by atoms with Crippen LogP contribution in [0, 0.1) is 5.92 Å². The summed E-state index contributed by atoms with van der Waals surface area (Å²) >= 11 is 0. The molecule has 1 amide bonds. The highest BCUT2D eigenvalue weighted by molar-refractivity contribution is 6.38. The van der Waals surface area contributed by atoms with E-state index in [0.29, 0.717) is 12.8 Å². The lowest BCUT2D eigenvalue weighted by atomic mass is 9.76. The van der Waals surface area contributed by atoms with Crippen molar-refractivity contribution in [2.75, 3.05) is 0 Å². The molecule has 0 radical (unpaired) electrons. The van der Waals surface area contributed by atoms with Gasteiger partial charge in [0.1, 0.15) is 11.3 Å². The standard InChI is InChI=1S/C12H16N2O3/c1-7-3-4-8(5-10(7)15)12(2)6-9(11(13)16)14-17-12/h3,8H,4-6H2,1-2H3,(H2,13,16)/t8-,12-/m0/s1. The monoisotopic (exact) mass is 236 g/mol. The number of hydrogen-bond acceptors (Lipinski definition) is 4. The van der Waals surface area contributed by atoms with E-state index >= 15 is 0 Å². The van der Waals surface area contributed by atoms with E-state index in [1.165, 1.54) is 0 Å². The number of primary amides is 1. The maximum absolute atomic E-state index is 11.7. The Kier molecular flexibility index (Phi) is 2.77. The highest BCUT2D eigenvalue weighted by Gasteiger charge is 2.44. The molecular formula is C12H16N2O3. The molecule has 5 heteroatoms. The summed E-state index contributed by atoms with van der Waals surface area (Å²) < 4.78 is 0. The van der Waals surface area contributed by atoms with E-state index in [1.807, 2.05) is 19.9 Å². The molecule has 0 fully saturated rings. The van der Waals surface area contributed by atoms with Crippen molar-refractivity contribution in [1.29, 1.82) is 0 Å². The number of oxime groups is 1. The summed E-state index contributed by atoms with van der Waals surface area (Å²) in [6, 6.07) is 0. The minimum atomic E-state index is -0.586. The van der Waals surface area contributed by atoms with Crippen molar-refractivity contribution in [2.45, 2.75) is 38.7 Å². The molecule has 1 aliphatic heterocycles. The Morgan fingerprint density at radius 1 is 1.65 bits per heavy atom. The Bertz CT molecular complexity index is 439. The van der Waals surface area contributed by atoms with Gasteiger partial charge in [0, 0.05) is 18.8 Å². The van der Waals surface area contributed by atoms with Crippen molar-refractivity contribution in [1.82, 2.24) is 0 Å². The fourth-order valence-electron chi connectivity index (χ4n) is 2.27. The average Bonchev–Trinajstić information content (AvgIpc) is 2.66. The zero-order chi connectivity index (χ0) is 12.6. The highest BCUT2D eigenvalue weighted by atomic mass is 16.7. The maximum Gasteiger partial charge on any atom is 0.266 e. The van der Waals surface area contributed by atoms with Crippen LogP contribution < -0.4 is 5.73 Å². The van der Waals surface area contributed by atoms with Gasteiger partial charge in [-0.3, -0.25) is 9.59 Å². The van der Waals surface area contributed by atoms with E-state index in [4.69, 9.17) is 10.6 Å². The first kappa shape index (κ1) is 11.8. The number of Topliss-reactive ketones (excluding diaryl/α,β-unsaturated/α-hetero) is 1. The number of allylic oxidation sites excluding steroid dienone is 2. The van der Waals surface area contributed by atoms with Crippen LogP contribution in [0.15, 0.2) is 16.8 Å². The lowest BCUT2D eigenvalue weighted by molar-refractivity contribution is -0.121. The Morgan fingerprint density at radius 3 is 2.88 bits per heavy atom. The van der Waals surface area contributed by atoms with Crippen LogP contribution in [0.2, 0.25) is 0 Å². The number of nitrogens with two attached hydrogens (primary N) is 1. The molecule has 2 aliphatic rings. The third-order valence-electron chi connectivity index (χ3n) is 3.61. The summed E-state index contributed by atoms with van der Waals surface area (Å²) in [7, 11) is 0. The van der Waals surface area contributed by atoms with Gasteiger partial charge in [0.25, 0.3) is 5.91 Å². The van der Waals surface area contributed by atoms with Gasteiger partial charge in [0.15, 0.2) is 5.78 Å². The second kappa shape index (κ2) is 3.98. The third-order valence-corrected chi connectivity index (χ3v) is 3.61. The van der Waals surface area contributed by atoms with Gasteiger partial charge in [-0.15, -0.1) is 0 Å². The minimum absolute atomic E-state index is 0.0549. The second-order valence-corrected chi connectivity index (χ2v) is 4.93. The Balaban J connectivity index is 2.10. The highest BCUT2D eigenvalue weighted by Crippen LogP contribution is 2.38. The zero-order valence-corrected chi connectivity index (χ0v) is 10.0. The van der Waals surface area contributed by atoms with E-state index in [9.17, 15) is 9.59 Å². The predicted molar refractivity (Wildman–Crippen MR) is 62.2 cm³/mol. The van der Waals surface area contributed by atoms with Crippen molar-refractivity contribution in [3.05, 3.63) is 11.6 Å². The fourth-order valence-corrected chi connectivity index (χ4v) is 2.27. The molecule has 1 aliphatic carbocycles. The first-order valence-electron chi connectivity index (χ1n) is 5.67. The van der Waals surface area contributed by atoms with Gasteiger partial charge in [0.05, 0.1) is 0 Å². The smallest absolute Gasteiger partial charge is 0.266 e. The lowest BCUT2D eigenvalue weighted by Crippen LogP contribution is -2.39. The van der Waals surface area contributed by atoms with Crippen molar-refractivity contribution < 1.29 is 14.4 Å². The van der Waals surface area contributed by atoms with Gasteiger partial charge in [-0.05, 0) is 25.8 Å². The number of rotatable bonds is 2. The molecule has 92 valence electrons. The summed E-state index contributed by atoms with van der Waals surface area (Å²) in [6.45, 7) is 3.70. The molecule has 0 bridgehead atoms. The summed E-state index contributed by atoms with van der Waals surface area (Å²) in [5.41, 5.74) is 5.64. The third kappa shape index (κ3) is 2.09. The van der Waals surface area contributed by atoms with Crippen molar-refractivity contribution in [3.8, 4) is 0 Å². The number of hydrogen-bond donors (Lipinski definition) is 1. The molecule has 1 heterocycles. The van der Waals surface area contributed by atoms with Crippen LogP contribution in [0.25, 0.3) is 0 Å². The molecule has 5 nitrogen and oxygen atoms in total. The van der Waals surface area contributed by atoms with E-state index < -0.39 is 11.5 Å². The number of carbonyl (C=O) groups excluding carboxylic acids is 2. The van der Waals surface area contributed by atoms with Crippen molar-refractivity contribution >= 4 is 17.4 Å². The topological polar surface area (TPSA) is 81.8 Å². The van der Waals surface area contributed by atoms with Gasteiger partial charge in [0.2, 0.25) is 0 Å². The van der Waals surface area contributed by atoms with Crippen LogP contribution in [0.5, 0.6) is 0 Å². The van der Waals surface area contributed by atoms with Gasteiger partial charge in [-0.1, -0.05) is 11.2 Å². The summed E-state index contributed by atoms with van der Waals surface area (Å²) in [4.78, 5) is 28.0. The van der Waals surface area contributed by atoms with Crippen LogP contribution in [0.3, 0.4) is 0 Å². The molecule has 0 saturated heterocycles. The number of carbonyl (C=O) groups is 2. The molecule has 0 unspecified atom stereocenters. The molecule has 0 aromatic carbocycles. The molecule has 0 aromatic heterocycles. The molecule has 2 N–H and O–H groups in total. The number of amides is 1. The largest absolute Gasteiger partial charge is 0.388 e. The molecule has 17 heavy (non-hydrogen) atoms. The predicted octanol–water partition coefficient (Wildman–Crippen LogP) is 0.932. The first-order chi connectivity index (χ1) is 7.92. The first-order valence-corrected chi connectivity index (χ1v) is 5.67. The zero-order valence-electron chi connectivity index (χ0n) is 10.0. The summed E-state index contributed by atoms with van der Waals surface area (Å²) in [5, 5.41) is 3.72. The van der Waals surface area contributed by atoms with Crippen LogP contribution in [0.1, 0.15) is 33.1 Å². The van der Waals surface area contributed by atoms with Crippen LogP contribution >= 0.6 is 0 Å². The number of nitrogens with zero attached hydrogens (tertiary/aromatic N) is 1. The van der Waals surface area contributed by atoms with Gasteiger partial charge < -0.3 is 10.6 Å². The second-order valence-electron chi connectivity index (χ2n) is 4.93. The summed E-state index contributed by atoms with van der Waals surface area (Å²) in [6.07, 6.45) is 3.52. The average molecular weight is 236 g/mol. The molecule has 2 atom stereocenters. The van der Waals surface area contributed by atoms with Crippen LogP contribution in [0.4, 0.5) is 0 Å². The lowest BCUT2D eigenvalue weighted by Gasteiger charge is -2.32. The normalized spacial score (nSPS) is 32.8. The van der Waals surface area contributed by atoms with E-state index in [-0.39, 0.29) is 17.4 Å². The van der Waals surface area contributed by atoms with Crippen LogP contribution in [-0.2, 0) is 14.4 Å². The van der Waals surface area contributed by atoms with E-state index in [0.717, 1.165) is 12.0 Å². The SMILES string of the molecule is CC1=CC[C@H]([C@]2(C)CC(C(N)=O)=NO2)CC1=O. The molecule has 0 saturated carbocycles. The van der Waals surface area contributed by atoms with Crippen LogP contribution in [-0.4, -0.2) is 23.0 Å². The number of ketones is 1.